The highest BCUT2D eigenvalue weighted by molar-refractivity contribution is 7.91. The van der Waals surface area contributed by atoms with Crippen LogP contribution in [-0.4, -0.2) is 81.4 Å². The smallest absolute Gasteiger partial charge is 0.227 e. The molecule has 8 nitrogen and oxygen atoms in total. The number of ether oxygens (including phenoxy) is 1. The average Bonchev–Trinajstić information content (AvgIpc) is 2.89. The average molecular weight is 339 g/mol. The summed E-state index contributed by atoms with van der Waals surface area (Å²) in [6, 6.07) is 1.83. The third kappa shape index (κ3) is 3.00. The van der Waals surface area contributed by atoms with Crippen molar-refractivity contribution in [1.29, 1.82) is 0 Å². The molecule has 0 saturated carbocycles. The highest BCUT2D eigenvalue weighted by atomic mass is 32.2. The molecule has 1 aromatic heterocycles. The Morgan fingerprint density at radius 3 is 2.87 bits per heavy atom. The minimum atomic E-state index is -2.97. The van der Waals surface area contributed by atoms with Gasteiger partial charge in [-0.05, 0) is 6.07 Å². The van der Waals surface area contributed by atoms with Crippen molar-refractivity contribution in [2.45, 2.75) is 12.1 Å². The van der Waals surface area contributed by atoms with Gasteiger partial charge in [0.15, 0.2) is 9.84 Å². The zero-order chi connectivity index (χ0) is 15.9. The van der Waals surface area contributed by atoms with Crippen molar-refractivity contribution in [3.63, 3.8) is 0 Å². The summed E-state index contributed by atoms with van der Waals surface area (Å²) >= 11 is 0. The number of morpholine rings is 1. The van der Waals surface area contributed by atoms with Gasteiger partial charge >= 0.3 is 0 Å². The highest BCUT2D eigenvalue weighted by Gasteiger charge is 2.43. The number of fused-ring (bicyclic) bond motifs is 1. The molecule has 23 heavy (non-hydrogen) atoms. The lowest BCUT2D eigenvalue weighted by atomic mass is 10.1. The van der Waals surface area contributed by atoms with Gasteiger partial charge in [-0.25, -0.2) is 13.4 Å². The molecule has 3 aliphatic rings. The molecule has 2 unspecified atom stereocenters. The predicted octanol–water partition coefficient (Wildman–Crippen LogP) is -1.11. The summed E-state index contributed by atoms with van der Waals surface area (Å²) in [5.74, 6) is 1.92. The number of nitrogens with zero attached hydrogens (tertiary/aromatic N) is 4. The first-order chi connectivity index (χ1) is 11.1. The molecule has 0 amide bonds. The Morgan fingerprint density at radius 2 is 2.04 bits per heavy atom. The Labute approximate surface area is 135 Å². The molecule has 3 fully saturated rings. The van der Waals surface area contributed by atoms with Crippen molar-refractivity contribution in [2.75, 3.05) is 60.7 Å². The van der Waals surface area contributed by atoms with E-state index in [4.69, 9.17) is 9.72 Å². The largest absolute Gasteiger partial charge is 0.378 e. The Kier molecular flexibility index (Phi) is 3.86. The molecule has 1 aromatic rings. The number of sulfone groups is 1. The summed E-state index contributed by atoms with van der Waals surface area (Å²) in [6.45, 7) is 4.47. The zero-order valence-corrected chi connectivity index (χ0v) is 13.7. The van der Waals surface area contributed by atoms with Gasteiger partial charge < -0.3 is 19.9 Å². The molecule has 0 radical (unpaired) electrons. The van der Waals surface area contributed by atoms with Crippen molar-refractivity contribution in [3.05, 3.63) is 12.3 Å². The number of rotatable bonds is 2. The third-order valence-electron chi connectivity index (χ3n) is 4.70. The van der Waals surface area contributed by atoms with Crippen LogP contribution in [0.25, 0.3) is 0 Å². The van der Waals surface area contributed by atoms with Crippen LogP contribution in [0.2, 0.25) is 0 Å². The van der Waals surface area contributed by atoms with Crippen LogP contribution in [0, 0.1) is 0 Å². The van der Waals surface area contributed by atoms with Gasteiger partial charge in [-0.2, -0.15) is 4.98 Å². The molecule has 3 aliphatic heterocycles. The van der Waals surface area contributed by atoms with Crippen molar-refractivity contribution < 1.29 is 13.2 Å². The maximum atomic E-state index is 12.0. The van der Waals surface area contributed by atoms with E-state index in [0.29, 0.717) is 19.2 Å². The van der Waals surface area contributed by atoms with Crippen LogP contribution in [0.15, 0.2) is 12.3 Å². The van der Waals surface area contributed by atoms with E-state index in [1.165, 1.54) is 0 Å². The fourth-order valence-electron chi connectivity index (χ4n) is 3.57. The van der Waals surface area contributed by atoms with Crippen LogP contribution >= 0.6 is 0 Å². The monoisotopic (exact) mass is 339 g/mol. The molecule has 9 heteroatoms. The molecule has 4 heterocycles. The Hall–Kier alpha value is -1.45. The summed E-state index contributed by atoms with van der Waals surface area (Å²) in [4.78, 5) is 13.3. The van der Waals surface area contributed by atoms with Gasteiger partial charge in [0.1, 0.15) is 5.82 Å². The summed E-state index contributed by atoms with van der Waals surface area (Å²) < 4.78 is 29.3. The van der Waals surface area contributed by atoms with Gasteiger partial charge in [-0.15, -0.1) is 0 Å². The number of anilines is 2. The molecule has 0 spiro atoms. The first-order valence-electron chi connectivity index (χ1n) is 7.99. The van der Waals surface area contributed by atoms with Crippen molar-refractivity contribution in [2.24, 2.45) is 0 Å². The van der Waals surface area contributed by atoms with E-state index in [-0.39, 0.29) is 23.6 Å². The van der Waals surface area contributed by atoms with Gasteiger partial charge in [-0.3, -0.25) is 0 Å². The lowest BCUT2D eigenvalue weighted by molar-refractivity contribution is 0.122. The summed E-state index contributed by atoms with van der Waals surface area (Å²) in [7, 11) is -2.97. The fraction of sp³-hybridized carbons (Fsp3) is 0.714. The molecule has 3 saturated heterocycles. The SMILES string of the molecule is O=S1(=O)CC2NCCN(c3ccnc(N4CCOCC4)n3)C2C1. The molecule has 0 bridgehead atoms. The molecule has 0 aliphatic carbocycles. The van der Waals surface area contributed by atoms with Crippen LogP contribution in [0.4, 0.5) is 11.8 Å². The van der Waals surface area contributed by atoms with E-state index in [2.05, 4.69) is 20.1 Å². The van der Waals surface area contributed by atoms with Crippen LogP contribution in [0.1, 0.15) is 0 Å². The summed E-state index contributed by atoms with van der Waals surface area (Å²) in [6.07, 6.45) is 1.76. The molecule has 1 N–H and O–H groups in total. The minimum absolute atomic E-state index is 0.00412. The standard InChI is InChI=1S/C14H21N5O3S/c20-23(21)9-11-12(10-23)19(4-3-15-11)13-1-2-16-14(17-13)18-5-7-22-8-6-18/h1-2,11-12,15H,3-10H2. The van der Waals surface area contributed by atoms with Gasteiger partial charge in [0.2, 0.25) is 5.95 Å². The first-order valence-corrected chi connectivity index (χ1v) is 9.81. The van der Waals surface area contributed by atoms with Crippen LogP contribution < -0.4 is 15.1 Å². The Bertz CT molecular complexity index is 677. The normalized spacial score (nSPS) is 30.3. The topological polar surface area (TPSA) is 87.7 Å². The van der Waals surface area contributed by atoms with Crippen LogP contribution in [-0.2, 0) is 14.6 Å². The van der Waals surface area contributed by atoms with E-state index in [9.17, 15) is 8.42 Å². The second-order valence-corrected chi connectivity index (χ2v) is 8.37. The predicted molar refractivity (Wildman–Crippen MR) is 86.6 cm³/mol. The van der Waals surface area contributed by atoms with Gasteiger partial charge in [0.05, 0.1) is 30.8 Å². The second kappa shape index (κ2) is 5.88. The number of aromatic nitrogens is 2. The van der Waals surface area contributed by atoms with Gasteiger partial charge in [0.25, 0.3) is 0 Å². The zero-order valence-electron chi connectivity index (χ0n) is 12.9. The van der Waals surface area contributed by atoms with Crippen LogP contribution in [0.5, 0.6) is 0 Å². The number of hydrogen-bond acceptors (Lipinski definition) is 8. The molecule has 0 aromatic carbocycles. The van der Waals surface area contributed by atoms with E-state index in [1.54, 1.807) is 6.20 Å². The second-order valence-electron chi connectivity index (χ2n) is 6.21. The highest BCUT2D eigenvalue weighted by Crippen LogP contribution is 2.26. The van der Waals surface area contributed by atoms with Crippen molar-refractivity contribution >= 4 is 21.6 Å². The van der Waals surface area contributed by atoms with E-state index in [0.717, 1.165) is 32.0 Å². The van der Waals surface area contributed by atoms with Crippen LogP contribution in [0.3, 0.4) is 0 Å². The van der Waals surface area contributed by atoms with Crippen molar-refractivity contribution in [3.8, 4) is 0 Å². The first kappa shape index (κ1) is 15.1. The third-order valence-corrected chi connectivity index (χ3v) is 6.41. The minimum Gasteiger partial charge on any atom is -0.378 e. The summed E-state index contributed by atoms with van der Waals surface area (Å²) in [5.41, 5.74) is 0. The van der Waals surface area contributed by atoms with E-state index < -0.39 is 9.84 Å². The molecule has 2 atom stereocenters. The quantitative estimate of drug-likeness (QED) is 0.726. The lowest BCUT2D eigenvalue weighted by Gasteiger charge is -2.38. The number of hydrogen-bond donors (Lipinski definition) is 1. The number of nitrogens with one attached hydrogen (secondary N) is 1. The molecular formula is C14H21N5O3S. The molecule has 4 rings (SSSR count). The Balaban J connectivity index is 1.59. The molecule has 126 valence electrons. The van der Waals surface area contributed by atoms with E-state index >= 15 is 0 Å². The fourth-order valence-corrected chi connectivity index (χ4v) is 5.52. The number of piperazine rings is 1. The molecular weight excluding hydrogens is 318 g/mol. The summed E-state index contributed by atoms with van der Waals surface area (Å²) in [5, 5.41) is 3.32. The maximum Gasteiger partial charge on any atom is 0.227 e. The lowest BCUT2D eigenvalue weighted by Crippen LogP contribution is -2.57. The van der Waals surface area contributed by atoms with E-state index in [1.807, 2.05) is 6.07 Å². The van der Waals surface area contributed by atoms with Gasteiger partial charge in [0, 0.05) is 38.4 Å². The maximum absolute atomic E-state index is 12.0. The van der Waals surface area contributed by atoms with Crippen molar-refractivity contribution in [1.82, 2.24) is 15.3 Å². The Morgan fingerprint density at radius 1 is 1.22 bits per heavy atom. The van der Waals surface area contributed by atoms with Gasteiger partial charge in [-0.1, -0.05) is 0 Å².